The van der Waals surface area contributed by atoms with Crippen LogP contribution in [0.1, 0.15) is 33.5 Å². The zero-order valence-electron chi connectivity index (χ0n) is 13.1. The van der Waals surface area contributed by atoms with E-state index in [1.165, 1.54) is 11.8 Å². The minimum atomic E-state index is -0.101. The highest BCUT2D eigenvalue weighted by Crippen LogP contribution is 2.19. The molecule has 0 bridgehead atoms. The molecule has 2 rings (SSSR count). The second kappa shape index (κ2) is 7.26. The summed E-state index contributed by atoms with van der Waals surface area (Å²) in [5.74, 6) is -0.195. The number of carbonyl (C=O) groups is 2. The van der Waals surface area contributed by atoms with Crippen LogP contribution in [-0.4, -0.2) is 29.5 Å². The molecule has 2 aromatic rings. The third kappa shape index (κ3) is 3.98. The van der Waals surface area contributed by atoms with Crippen LogP contribution in [0.3, 0.4) is 0 Å². The van der Waals surface area contributed by atoms with Gasteiger partial charge in [-0.3, -0.25) is 9.59 Å². The smallest absolute Gasteiger partial charge is 0.253 e. The van der Waals surface area contributed by atoms with Crippen LogP contribution in [0.25, 0.3) is 0 Å². The predicted octanol–water partition coefficient (Wildman–Crippen LogP) is 2.08. The lowest BCUT2D eigenvalue weighted by molar-refractivity contribution is -0.118. The summed E-state index contributed by atoms with van der Waals surface area (Å²) in [7, 11) is 0. The van der Waals surface area contributed by atoms with Gasteiger partial charge in [-0.05, 0) is 31.4 Å². The highest BCUT2D eigenvalue weighted by molar-refractivity contribution is 7.09. The van der Waals surface area contributed by atoms with Crippen LogP contribution in [-0.2, 0) is 11.3 Å². The Bertz CT molecular complexity index is 659. The van der Waals surface area contributed by atoms with E-state index in [1.54, 1.807) is 11.3 Å². The van der Waals surface area contributed by atoms with Crippen molar-refractivity contribution in [3.8, 4) is 0 Å². The Kier molecular flexibility index (Phi) is 5.38. The zero-order chi connectivity index (χ0) is 16.1. The molecule has 0 aliphatic heterocycles. The normalized spacial score (nSPS) is 10.5. The van der Waals surface area contributed by atoms with E-state index >= 15 is 0 Å². The minimum absolute atomic E-state index is 0.0941. The third-order valence-electron chi connectivity index (χ3n) is 3.50. The molecular formula is C16H21N3O2S. The monoisotopic (exact) mass is 319 g/mol. The molecular weight excluding hydrogens is 298 g/mol. The highest BCUT2D eigenvalue weighted by Gasteiger charge is 2.15. The number of rotatable bonds is 6. The fourth-order valence-electron chi connectivity index (χ4n) is 2.34. The first-order chi connectivity index (χ1) is 10.5. The van der Waals surface area contributed by atoms with Gasteiger partial charge >= 0.3 is 0 Å². The number of aryl methyl sites for hydroxylation is 1. The molecule has 0 spiro atoms. The van der Waals surface area contributed by atoms with E-state index in [-0.39, 0.29) is 11.8 Å². The van der Waals surface area contributed by atoms with Crippen LogP contribution >= 0.6 is 11.3 Å². The molecule has 22 heavy (non-hydrogen) atoms. The molecule has 5 nitrogen and oxygen atoms in total. The topological polar surface area (TPSA) is 63.1 Å². The molecule has 6 heteroatoms. The number of amides is 2. The summed E-state index contributed by atoms with van der Waals surface area (Å²) in [4.78, 5) is 24.3. The summed E-state index contributed by atoms with van der Waals surface area (Å²) >= 11 is 1.71. The number of hydrogen-bond acceptors (Lipinski definition) is 3. The third-order valence-corrected chi connectivity index (χ3v) is 4.36. The fraction of sp³-hybridized carbons (Fsp3) is 0.375. The Labute approximate surface area is 134 Å². The molecule has 0 saturated carbocycles. The van der Waals surface area contributed by atoms with Gasteiger partial charge in [-0.25, -0.2) is 0 Å². The second-order valence-corrected chi connectivity index (χ2v) is 6.22. The van der Waals surface area contributed by atoms with Gasteiger partial charge in [0.15, 0.2) is 0 Å². The van der Waals surface area contributed by atoms with Crippen LogP contribution in [0.5, 0.6) is 0 Å². The van der Waals surface area contributed by atoms with E-state index in [1.807, 2.05) is 26.0 Å². The molecule has 0 fully saturated rings. The summed E-state index contributed by atoms with van der Waals surface area (Å²) in [5.41, 5.74) is 2.72. The standard InChI is InChI=1S/C16H21N3O2S/c1-11-9-15(16(21)18-7-6-17-13(3)20)12(2)19(11)10-14-5-4-8-22-14/h4-5,8-9H,6-7,10H2,1-3H3,(H,17,20)(H,18,21). The Hall–Kier alpha value is -2.08. The van der Waals surface area contributed by atoms with E-state index in [4.69, 9.17) is 0 Å². The lowest BCUT2D eigenvalue weighted by Crippen LogP contribution is -2.33. The quantitative estimate of drug-likeness (QED) is 0.801. The van der Waals surface area contributed by atoms with Gasteiger partial charge in [0.2, 0.25) is 5.91 Å². The number of nitrogens with zero attached hydrogens (tertiary/aromatic N) is 1. The first-order valence-corrected chi connectivity index (χ1v) is 8.08. The van der Waals surface area contributed by atoms with Gasteiger partial charge in [0.25, 0.3) is 5.91 Å². The molecule has 118 valence electrons. The SMILES string of the molecule is CC(=O)NCCNC(=O)c1cc(C)n(Cc2cccs2)c1C. The van der Waals surface area contributed by atoms with Gasteiger partial charge in [0.1, 0.15) is 0 Å². The molecule has 2 heterocycles. The lowest BCUT2D eigenvalue weighted by Gasteiger charge is -2.09. The number of carbonyl (C=O) groups excluding carboxylic acids is 2. The highest BCUT2D eigenvalue weighted by atomic mass is 32.1. The molecule has 2 N–H and O–H groups in total. The van der Waals surface area contributed by atoms with Gasteiger partial charge in [-0.1, -0.05) is 6.07 Å². The van der Waals surface area contributed by atoms with Gasteiger partial charge < -0.3 is 15.2 Å². The summed E-state index contributed by atoms with van der Waals surface area (Å²) in [6.07, 6.45) is 0. The molecule has 0 aromatic carbocycles. The Morgan fingerprint density at radius 1 is 1.23 bits per heavy atom. The second-order valence-electron chi connectivity index (χ2n) is 5.19. The lowest BCUT2D eigenvalue weighted by atomic mass is 10.2. The summed E-state index contributed by atoms with van der Waals surface area (Å²) in [6.45, 7) is 7.08. The van der Waals surface area contributed by atoms with Crippen molar-refractivity contribution < 1.29 is 9.59 Å². The molecule has 2 amide bonds. The van der Waals surface area contributed by atoms with Crippen molar-refractivity contribution in [1.29, 1.82) is 0 Å². The first-order valence-electron chi connectivity index (χ1n) is 7.20. The Morgan fingerprint density at radius 2 is 1.95 bits per heavy atom. The van der Waals surface area contributed by atoms with E-state index in [0.29, 0.717) is 18.7 Å². The summed E-state index contributed by atoms with van der Waals surface area (Å²) < 4.78 is 2.15. The molecule has 0 unspecified atom stereocenters. The molecule has 0 aliphatic rings. The number of hydrogen-bond donors (Lipinski definition) is 2. The maximum Gasteiger partial charge on any atom is 0.253 e. The van der Waals surface area contributed by atoms with Gasteiger partial charge in [0.05, 0.1) is 12.1 Å². The Balaban J connectivity index is 2.02. The minimum Gasteiger partial charge on any atom is -0.355 e. The Morgan fingerprint density at radius 3 is 2.59 bits per heavy atom. The van der Waals surface area contributed by atoms with Crippen molar-refractivity contribution in [1.82, 2.24) is 15.2 Å². The number of thiophene rings is 1. The molecule has 0 atom stereocenters. The van der Waals surface area contributed by atoms with Crippen molar-refractivity contribution in [2.24, 2.45) is 0 Å². The number of aromatic nitrogens is 1. The molecule has 0 aliphatic carbocycles. The van der Waals surface area contributed by atoms with E-state index < -0.39 is 0 Å². The molecule has 0 saturated heterocycles. The van der Waals surface area contributed by atoms with Gasteiger partial charge in [-0.15, -0.1) is 11.3 Å². The van der Waals surface area contributed by atoms with Crippen molar-refractivity contribution in [3.05, 3.63) is 45.4 Å². The fourth-order valence-corrected chi connectivity index (χ4v) is 3.04. The molecule has 0 radical (unpaired) electrons. The van der Waals surface area contributed by atoms with E-state index in [2.05, 4.69) is 26.6 Å². The van der Waals surface area contributed by atoms with Crippen LogP contribution < -0.4 is 10.6 Å². The molecule has 2 aromatic heterocycles. The average molecular weight is 319 g/mol. The van der Waals surface area contributed by atoms with Crippen LogP contribution in [0.4, 0.5) is 0 Å². The first kappa shape index (κ1) is 16.3. The summed E-state index contributed by atoms with van der Waals surface area (Å²) in [6, 6.07) is 6.04. The largest absolute Gasteiger partial charge is 0.355 e. The predicted molar refractivity (Wildman–Crippen MR) is 88.3 cm³/mol. The van der Waals surface area contributed by atoms with Crippen molar-refractivity contribution in [2.45, 2.75) is 27.3 Å². The van der Waals surface area contributed by atoms with Crippen LogP contribution in [0, 0.1) is 13.8 Å². The van der Waals surface area contributed by atoms with Gasteiger partial charge in [-0.2, -0.15) is 0 Å². The summed E-state index contributed by atoms with van der Waals surface area (Å²) in [5, 5.41) is 7.54. The zero-order valence-corrected chi connectivity index (χ0v) is 13.9. The maximum atomic E-state index is 12.2. The van der Waals surface area contributed by atoms with Crippen molar-refractivity contribution in [2.75, 3.05) is 13.1 Å². The van der Waals surface area contributed by atoms with Crippen molar-refractivity contribution in [3.63, 3.8) is 0 Å². The van der Waals surface area contributed by atoms with Crippen LogP contribution in [0.2, 0.25) is 0 Å². The number of nitrogens with one attached hydrogen (secondary N) is 2. The van der Waals surface area contributed by atoms with E-state index in [0.717, 1.165) is 17.9 Å². The van der Waals surface area contributed by atoms with Crippen molar-refractivity contribution >= 4 is 23.2 Å². The van der Waals surface area contributed by atoms with Crippen LogP contribution in [0.15, 0.2) is 23.6 Å². The van der Waals surface area contributed by atoms with E-state index in [9.17, 15) is 9.59 Å². The average Bonchev–Trinajstić information content (AvgIpc) is 3.07. The maximum absolute atomic E-state index is 12.2. The van der Waals surface area contributed by atoms with Gasteiger partial charge in [0, 0.05) is 36.3 Å².